The summed E-state index contributed by atoms with van der Waals surface area (Å²) in [5, 5.41) is 10.7. The average molecular weight is 348 g/mol. The summed E-state index contributed by atoms with van der Waals surface area (Å²) in [5.74, 6) is -0.648. The molecule has 6 nitrogen and oxygen atoms in total. The summed E-state index contributed by atoms with van der Waals surface area (Å²) in [6.45, 7) is 17.5. The first-order chi connectivity index (χ1) is 10.3. The molecule has 0 spiro atoms. The summed E-state index contributed by atoms with van der Waals surface area (Å²) in [7, 11) is -3.48. The van der Waals surface area contributed by atoms with Crippen molar-refractivity contribution >= 4 is 7.60 Å². The molecule has 0 N–H and O–H groups in total. The van der Waals surface area contributed by atoms with E-state index < -0.39 is 30.4 Å². The van der Waals surface area contributed by atoms with Crippen LogP contribution in [0, 0.1) is 16.7 Å². The Morgan fingerprint density at radius 2 is 1.52 bits per heavy atom. The fourth-order valence-corrected chi connectivity index (χ4v) is 4.95. The van der Waals surface area contributed by atoms with E-state index in [-0.39, 0.29) is 13.2 Å². The lowest BCUT2D eigenvalue weighted by atomic mass is 9.94. The zero-order chi connectivity index (χ0) is 18.5. The smallest absolute Gasteiger partial charge is 0.308 e. The van der Waals surface area contributed by atoms with Crippen LogP contribution in [0.3, 0.4) is 0 Å². The van der Waals surface area contributed by atoms with Crippen LogP contribution in [0.25, 0.3) is 0 Å². The minimum absolute atomic E-state index is 0.273. The van der Waals surface area contributed by atoms with Gasteiger partial charge in [-0.3, -0.25) is 9.40 Å². The minimum atomic E-state index is -3.48. The molecule has 0 amide bonds. The minimum Gasteiger partial charge on any atom is -0.308 e. The zero-order valence-corrected chi connectivity index (χ0v) is 16.9. The van der Waals surface area contributed by atoms with Crippen LogP contribution in [0.2, 0.25) is 0 Å². The third-order valence-electron chi connectivity index (χ3n) is 3.03. The largest absolute Gasteiger partial charge is 0.350 e. The summed E-state index contributed by atoms with van der Waals surface area (Å²) in [4.78, 5) is 5.83. The normalized spacial score (nSPS) is 16.2. The summed E-state index contributed by atoms with van der Waals surface area (Å²) >= 11 is 0. The van der Waals surface area contributed by atoms with E-state index in [1.807, 2.05) is 41.5 Å². The Hall–Kier alpha value is -0.440. The average Bonchev–Trinajstić information content (AvgIpc) is 2.35. The molecule has 0 fully saturated rings. The SMILES string of the molecule is CCOP(=O)(OCC)C(N(OC(C)C#N)C(C)(C)C)C(C)(C)C. The monoisotopic (exact) mass is 348 g/mol. The second-order valence-electron chi connectivity index (χ2n) is 7.49. The highest BCUT2D eigenvalue weighted by Crippen LogP contribution is 2.60. The van der Waals surface area contributed by atoms with Gasteiger partial charge in [0.2, 0.25) is 0 Å². The summed E-state index contributed by atoms with van der Waals surface area (Å²) < 4.78 is 24.6. The van der Waals surface area contributed by atoms with Crippen molar-refractivity contribution in [2.45, 2.75) is 79.7 Å². The lowest BCUT2D eigenvalue weighted by molar-refractivity contribution is -0.250. The Morgan fingerprint density at radius 3 is 1.78 bits per heavy atom. The third kappa shape index (κ3) is 6.52. The Balaban J connectivity index is 6.09. The molecular formula is C16H33N2O4P. The van der Waals surface area contributed by atoms with E-state index in [1.165, 1.54) is 0 Å². The van der Waals surface area contributed by atoms with Crippen molar-refractivity contribution in [3.05, 3.63) is 0 Å². The first-order valence-corrected chi connectivity index (χ1v) is 9.69. The number of nitriles is 1. The van der Waals surface area contributed by atoms with Gasteiger partial charge in [-0.05, 0) is 47.0 Å². The summed E-state index contributed by atoms with van der Waals surface area (Å²) in [5.41, 5.74) is -0.949. The van der Waals surface area contributed by atoms with Crippen molar-refractivity contribution in [1.29, 1.82) is 5.26 Å². The molecule has 2 atom stereocenters. The van der Waals surface area contributed by atoms with Crippen LogP contribution in [-0.4, -0.2) is 35.7 Å². The molecule has 0 aromatic carbocycles. The summed E-state index contributed by atoms with van der Waals surface area (Å²) in [6.07, 6.45) is -0.671. The lowest BCUT2D eigenvalue weighted by Gasteiger charge is -2.47. The second kappa shape index (κ2) is 8.60. The lowest BCUT2D eigenvalue weighted by Crippen LogP contribution is -2.54. The Labute approximate surface area is 141 Å². The van der Waals surface area contributed by atoms with Gasteiger partial charge < -0.3 is 9.05 Å². The molecule has 0 aromatic rings. The first kappa shape index (κ1) is 22.6. The highest BCUT2D eigenvalue weighted by Gasteiger charge is 2.51. The van der Waals surface area contributed by atoms with Crippen molar-refractivity contribution in [3.63, 3.8) is 0 Å². The Kier molecular flexibility index (Phi) is 8.43. The molecule has 0 radical (unpaired) electrons. The maximum atomic E-state index is 13.5. The molecule has 136 valence electrons. The van der Waals surface area contributed by atoms with Crippen LogP contribution in [-0.2, 0) is 18.5 Å². The first-order valence-electron chi connectivity index (χ1n) is 8.08. The van der Waals surface area contributed by atoms with Gasteiger partial charge in [0.15, 0.2) is 6.10 Å². The van der Waals surface area contributed by atoms with E-state index in [0.717, 1.165) is 0 Å². The topological polar surface area (TPSA) is 71.8 Å². The van der Waals surface area contributed by atoms with Gasteiger partial charge in [0, 0.05) is 5.54 Å². The molecule has 0 saturated heterocycles. The number of hydrogen-bond acceptors (Lipinski definition) is 6. The van der Waals surface area contributed by atoms with Crippen LogP contribution in [0.5, 0.6) is 0 Å². The molecule has 0 aromatic heterocycles. The Bertz CT molecular complexity index is 438. The molecule has 0 aliphatic carbocycles. The van der Waals surface area contributed by atoms with E-state index in [1.54, 1.807) is 25.8 Å². The molecule has 0 aliphatic heterocycles. The van der Waals surface area contributed by atoms with Crippen LogP contribution in [0.15, 0.2) is 0 Å². The van der Waals surface area contributed by atoms with Crippen LogP contribution in [0.4, 0.5) is 0 Å². The number of hydroxylamine groups is 2. The van der Waals surface area contributed by atoms with Gasteiger partial charge in [-0.2, -0.15) is 10.3 Å². The standard InChI is InChI=1S/C16H33N2O4P/c1-10-20-23(19,21-11-2)14(15(4,5)6)18(16(7,8)9)22-13(3)12-17/h13-14H,10-11H2,1-9H3. The van der Waals surface area contributed by atoms with Crippen molar-refractivity contribution < 1.29 is 18.5 Å². The van der Waals surface area contributed by atoms with Gasteiger partial charge >= 0.3 is 7.60 Å². The molecule has 0 aliphatic rings. The molecule has 23 heavy (non-hydrogen) atoms. The number of rotatable bonds is 8. The molecule has 0 rings (SSSR count). The van der Waals surface area contributed by atoms with Gasteiger partial charge in [-0.1, -0.05) is 20.8 Å². The zero-order valence-electron chi connectivity index (χ0n) is 16.0. The predicted molar refractivity (Wildman–Crippen MR) is 91.9 cm³/mol. The van der Waals surface area contributed by atoms with E-state index in [9.17, 15) is 4.57 Å². The highest BCUT2D eigenvalue weighted by atomic mass is 31.2. The summed E-state index contributed by atoms with van der Waals surface area (Å²) in [6, 6.07) is 2.05. The van der Waals surface area contributed by atoms with Crippen LogP contribution < -0.4 is 0 Å². The fourth-order valence-electron chi connectivity index (χ4n) is 2.27. The van der Waals surface area contributed by atoms with E-state index in [2.05, 4.69) is 6.07 Å². The molecular weight excluding hydrogens is 315 g/mol. The molecule has 2 unspecified atom stereocenters. The van der Waals surface area contributed by atoms with Gasteiger partial charge in [-0.25, -0.2) is 0 Å². The van der Waals surface area contributed by atoms with Crippen LogP contribution >= 0.6 is 7.60 Å². The predicted octanol–water partition coefficient (Wildman–Crippen LogP) is 4.57. The molecule has 0 heterocycles. The van der Waals surface area contributed by atoms with Gasteiger partial charge in [-0.15, -0.1) is 0 Å². The van der Waals surface area contributed by atoms with Gasteiger partial charge in [0.1, 0.15) is 5.78 Å². The van der Waals surface area contributed by atoms with Crippen molar-refractivity contribution in [1.82, 2.24) is 5.06 Å². The maximum Gasteiger partial charge on any atom is 0.350 e. The van der Waals surface area contributed by atoms with Crippen molar-refractivity contribution in [2.75, 3.05) is 13.2 Å². The number of hydrogen-bond donors (Lipinski definition) is 0. The highest BCUT2D eigenvalue weighted by molar-refractivity contribution is 7.54. The van der Waals surface area contributed by atoms with E-state index in [0.29, 0.717) is 0 Å². The van der Waals surface area contributed by atoms with Crippen molar-refractivity contribution in [3.8, 4) is 6.07 Å². The second-order valence-corrected chi connectivity index (χ2v) is 9.57. The van der Waals surface area contributed by atoms with Gasteiger partial charge in [0.05, 0.1) is 19.3 Å². The van der Waals surface area contributed by atoms with E-state index >= 15 is 0 Å². The number of nitrogens with zero attached hydrogens (tertiary/aromatic N) is 2. The third-order valence-corrected chi connectivity index (χ3v) is 5.85. The fraction of sp³-hybridized carbons (Fsp3) is 0.938. The van der Waals surface area contributed by atoms with Gasteiger partial charge in [0.25, 0.3) is 0 Å². The molecule has 7 heteroatoms. The quantitative estimate of drug-likeness (QED) is 0.473. The van der Waals surface area contributed by atoms with E-state index in [4.69, 9.17) is 19.1 Å². The Morgan fingerprint density at radius 1 is 1.09 bits per heavy atom. The van der Waals surface area contributed by atoms with Crippen LogP contribution in [0.1, 0.15) is 62.3 Å². The molecule has 0 bridgehead atoms. The molecule has 0 saturated carbocycles. The van der Waals surface area contributed by atoms with Crippen molar-refractivity contribution in [2.24, 2.45) is 5.41 Å². The maximum absolute atomic E-state index is 13.5.